The second-order valence-corrected chi connectivity index (χ2v) is 6.98. The predicted molar refractivity (Wildman–Crippen MR) is 55.0 cm³/mol. The summed E-state index contributed by atoms with van der Waals surface area (Å²) in [5.74, 6) is -1.25. The largest absolute Gasteiger partial charge is 0.480 e. The van der Waals surface area contributed by atoms with Crippen molar-refractivity contribution >= 4 is 15.8 Å². The molecule has 5 heteroatoms. The van der Waals surface area contributed by atoms with Crippen LogP contribution in [0.5, 0.6) is 0 Å². The van der Waals surface area contributed by atoms with Gasteiger partial charge < -0.3 is 5.11 Å². The van der Waals surface area contributed by atoms with Crippen molar-refractivity contribution in [3.8, 4) is 0 Å². The molecule has 0 aliphatic carbocycles. The Balaban J connectivity index is 4.51. The zero-order chi connectivity index (χ0) is 11.6. The number of rotatable bonds is 4. The predicted octanol–water partition coefficient (Wildman–Crippen LogP) is 1.31. The smallest absolute Gasteiger partial charge is 0.321 e. The Hall–Kier alpha value is -0.580. The topological polar surface area (TPSA) is 71.4 Å². The first-order chi connectivity index (χ1) is 6.04. The maximum atomic E-state index is 11.1. The fourth-order valence-corrected chi connectivity index (χ4v) is 2.00. The molecule has 0 aliphatic rings. The zero-order valence-electron chi connectivity index (χ0n) is 9.07. The van der Waals surface area contributed by atoms with E-state index in [1.807, 2.05) is 20.8 Å². The number of carbonyl (C=O) groups is 1. The van der Waals surface area contributed by atoms with E-state index in [1.54, 1.807) is 0 Å². The van der Waals surface area contributed by atoms with Crippen molar-refractivity contribution in [2.24, 2.45) is 5.41 Å². The van der Waals surface area contributed by atoms with E-state index in [4.69, 9.17) is 5.11 Å². The van der Waals surface area contributed by atoms with Crippen molar-refractivity contribution in [1.29, 1.82) is 0 Å². The average molecular weight is 222 g/mol. The molecule has 4 nitrogen and oxygen atoms in total. The third-order valence-corrected chi connectivity index (χ3v) is 3.42. The number of hydrogen-bond acceptors (Lipinski definition) is 3. The lowest BCUT2D eigenvalue weighted by Crippen LogP contribution is -2.30. The summed E-state index contributed by atoms with van der Waals surface area (Å²) in [6.07, 6.45) is 1.73. The standard InChI is InChI=1S/C9H18O4S/c1-9(2,3)6-5-7(8(10)11)14(4,12)13/h7H,5-6H2,1-4H3,(H,10,11). The molecule has 0 amide bonds. The lowest BCUT2D eigenvalue weighted by molar-refractivity contribution is -0.136. The van der Waals surface area contributed by atoms with Gasteiger partial charge in [-0.2, -0.15) is 0 Å². The van der Waals surface area contributed by atoms with Gasteiger partial charge in [0, 0.05) is 6.26 Å². The molecule has 84 valence electrons. The van der Waals surface area contributed by atoms with Crippen molar-refractivity contribution in [3.05, 3.63) is 0 Å². The van der Waals surface area contributed by atoms with Gasteiger partial charge in [-0.25, -0.2) is 8.42 Å². The van der Waals surface area contributed by atoms with Crippen LogP contribution in [0.2, 0.25) is 0 Å². The quantitative estimate of drug-likeness (QED) is 0.778. The van der Waals surface area contributed by atoms with Crippen LogP contribution in [0.3, 0.4) is 0 Å². The van der Waals surface area contributed by atoms with E-state index >= 15 is 0 Å². The molecule has 0 heterocycles. The van der Waals surface area contributed by atoms with Crippen molar-refractivity contribution < 1.29 is 18.3 Å². The van der Waals surface area contributed by atoms with Crippen LogP contribution in [0.4, 0.5) is 0 Å². The van der Waals surface area contributed by atoms with Gasteiger partial charge in [0.25, 0.3) is 0 Å². The van der Waals surface area contributed by atoms with Crippen LogP contribution in [-0.4, -0.2) is 31.0 Å². The van der Waals surface area contributed by atoms with Gasteiger partial charge in [0.05, 0.1) is 0 Å². The molecule has 0 saturated heterocycles. The van der Waals surface area contributed by atoms with E-state index in [0.29, 0.717) is 6.42 Å². The van der Waals surface area contributed by atoms with Crippen LogP contribution in [0, 0.1) is 5.41 Å². The van der Waals surface area contributed by atoms with Crippen LogP contribution in [0.1, 0.15) is 33.6 Å². The van der Waals surface area contributed by atoms with Gasteiger partial charge in [0.15, 0.2) is 15.1 Å². The van der Waals surface area contributed by atoms with E-state index < -0.39 is 21.1 Å². The number of carboxylic acids is 1. The number of hydrogen-bond donors (Lipinski definition) is 1. The summed E-state index contributed by atoms with van der Waals surface area (Å²) in [7, 11) is -3.49. The minimum absolute atomic E-state index is 0.0433. The molecule has 0 aromatic rings. The summed E-state index contributed by atoms with van der Waals surface area (Å²) in [6.45, 7) is 5.86. The average Bonchev–Trinajstić information content (AvgIpc) is 1.79. The Bertz CT molecular complexity index is 297. The molecule has 0 aromatic carbocycles. The fraction of sp³-hybridized carbons (Fsp3) is 0.889. The summed E-state index contributed by atoms with van der Waals surface area (Å²) in [5, 5.41) is 7.46. The number of sulfone groups is 1. The van der Waals surface area contributed by atoms with E-state index in [-0.39, 0.29) is 11.8 Å². The number of carboxylic acid groups (broad SMARTS) is 1. The van der Waals surface area contributed by atoms with Crippen molar-refractivity contribution in [3.63, 3.8) is 0 Å². The van der Waals surface area contributed by atoms with Crippen LogP contribution >= 0.6 is 0 Å². The van der Waals surface area contributed by atoms with Gasteiger partial charge in [-0.3, -0.25) is 4.79 Å². The monoisotopic (exact) mass is 222 g/mol. The van der Waals surface area contributed by atoms with Gasteiger partial charge in [0.1, 0.15) is 0 Å². The lowest BCUT2D eigenvalue weighted by Gasteiger charge is -2.19. The SMILES string of the molecule is CC(C)(C)CCC(C(=O)O)S(C)(=O)=O. The maximum absolute atomic E-state index is 11.1. The Morgan fingerprint density at radius 3 is 2.00 bits per heavy atom. The lowest BCUT2D eigenvalue weighted by atomic mass is 9.90. The first-order valence-electron chi connectivity index (χ1n) is 4.46. The van der Waals surface area contributed by atoms with Gasteiger partial charge in [-0.05, 0) is 18.3 Å². The Kier molecular flexibility index (Phi) is 4.12. The highest BCUT2D eigenvalue weighted by atomic mass is 32.2. The zero-order valence-corrected chi connectivity index (χ0v) is 9.89. The Labute approximate surface area is 85.2 Å². The van der Waals surface area contributed by atoms with Crippen molar-refractivity contribution in [2.45, 2.75) is 38.9 Å². The highest BCUT2D eigenvalue weighted by Gasteiger charge is 2.29. The first-order valence-corrected chi connectivity index (χ1v) is 6.41. The Morgan fingerprint density at radius 2 is 1.79 bits per heavy atom. The molecule has 0 saturated carbocycles. The second kappa shape index (κ2) is 4.29. The first kappa shape index (κ1) is 13.4. The molecule has 1 unspecified atom stereocenters. The van der Waals surface area contributed by atoms with Gasteiger partial charge in [0.2, 0.25) is 0 Å². The molecule has 0 aromatic heterocycles. The normalized spacial score (nSPS) is 15.1. The summed E-state index contributed by atoms with van der Waals surface area (Å²) in [4.78, 5) is 10.7. The third kappa shape index (κ3) is 5.21. The van der Waals surface area contributed by atoms with Gasteiger partial charge in [-0.15, -0.1) is 0 Å². The summed E-state index contributed by atoms with van der Waals surface area (Å²) in [5.41, 5.74) is -0.0433. The van der Waals surface area contributed by atoms with Crippen molar-refractivity contribution in [2.75, 3.05) is 6.26 Å². The van der Waals surface area contributed by atoms with E-state index in [1.165, 1.54) is 0 Å². The molecule has 0 rings (SSSR count). The summed E-state index contributed by atoms with van der Waals surface area (Å²) >= 11 is 0. The highest BCUT2D eigenvalue weighted by Crippen LogP contribution is 2.23. The summed E-state index contributed by atoms with van der Waals surface area (Å²) in [6, 6.07) is 0. The maximum Gasteiger partial charge on any atom is 0.321 e. The Morgan fingerprint density at radius 1 is 1.36 bits per heavy atom. The minimum Gasteiger partial charge on any atom is -0.480 e. The van der Waals surface area contributed by atoms with Crippen LogP contribution in [0.15, 0.2) is 0 Å². The summed E-state index contributed by atoms with van der Waals surface area (Å²) < 4.78 is 22.2. The molecule has 0 fully saturated rings. The molecule has 0 bridgehead atoms. The second-order valence-electron chi connectivity index (χ2n) is 4.76. The van der Waals surface area contributed by atoms with Gasteiger partial charge in [-0.1, -0.05) is 20.8 Å². The van der Waals surface area contributed by atoms with E-state index in [9.17, 15) is 13.2 Å². The molecular formula is C9H18O4S. The highest BCUT2D eigenvalue weighted by molar-refractivity contribution is 7.92. The molecule has 0 aliphatic heterocycles. The molecule has 1 N–H and O–H groups in total. The van der Waals surface area contributed by atoms with Gasteiger partial charge >= 0.3 is 5.97 Å². The fourth-order valence-electron chi connectivity index (χ4n) is 1.08. The minimum atomic E-state index is -3.49. The van der Waals surface area contributed by atoms with Crippen LogP contribution in [0.25, 0.3) is 0 Å². The molecule has 0 spiro atoms. The molecule has 1 atom stereocenters. The van der Waals surface area contributed by atoms with Crippen LogP contribution < -0.4 is 0 Å². The van der Waals surface area contributed by atoms with E-state index in [2.05, 4.69) is 0 Å². The molecular weight excluding hydrogens is 204 g/mol. The molecule has 14 heavy (non-hydrogen) atoms. The number of aliphatic carboxylic acids is 1. The van der Waals surface area contributed by atoms with Crippen molar-refractivity contribution in [1.82, 2.24) is 0 Å². The van der Waals surface area contributed by atoms with Crippen LogP contribution in [-0.2, 0) is 14.6 Å². The molecule has 0 radical (unpaired) electrons. The van der Waals surface area contributed by atoms with E-state index in [0.717, 1.165) is 6.26 Å². The third-order valence-electron chi connectivity index (χ3n) is 1.95.